The van der Waals surface area contributed by atoms with Crippen LogP contribution in [0, 0.1) is 0 Å². The molecule has 0 aliphatic heterocycles. The number of para-hydroxylation sites is 2. The lowest BCUT2D eigenvalue weighted by atomic mass is 10.2. The van der Waals surface area contributed by atoms with E-state index in [9.17, 15) is 14.4 Å². The van der Waals surface area contributed by atoms with Gasteiger partial charge < -0.3 is 24.8 Å². The smallest absolute Gasteiger partial charge is 0.329 e. The van der Waals surface area contributed by atoms with E-state index in [-0.39, 0.29) is 12.5 Å². The minimum absolute atomic E-state index is 0.191. The lowest BCUT2D eigenvalue weighted by Crippen LogP contribution is -2.32. The monoisotopic (exact) mass is 476 g/mol. The Balaban J connectivity index is 1.44. The number of amides is 3. The van der Waals surface area contributed by atoms with Crippen molar-refractivity contribution in [2.75, 3.05) is 31.5 Å². The number of rotatable bonds is 9. The summed E-state index contributed by atoms with van der Waals surface area (Å²) in [5.41, 5.74) is 3.77. The van der Waals surface area contributed by atoms with Crippen LogP contribution in [-0.2, 0) is 14.4 Å². The molecule has 0 bridgehead atoms. The van der Waals surface area contributed by atoms with Crippen LogP contribution in [0.25, 0.3) is 0 Å². The molecule has 180 valence electrons. The van der Waals surface area contributed by atoms with Crippen molar-refractivity contribution < 1.29 is 28.6 Å². The quantitative estimate of drug-likeness (QED) is 0.248. The molecule has 0 fully saturated rings. The zero-order valence-electron chi connectivity index (χ0n) is 19.1. The highest BCUT2D eigenvalue weighted by atomic mass is 16.5. The third-order valence-electron chi connectivity index (χ3n) is 4.54. The Bertz CT molecular complexity index is 1210. The van der Waals surface area contributed by atoms with Crippen LogP contribution in [0.1, 0.15) is 5.56 Å². The topological polar surface area (TPSA) is 127 Å². The number of hydrogen-bond acceptors (Lipinski definition) is 7. The molecule has 0 unspecified atom stereocenters. The van der Waals surface area contributed by atoms with Crippen molar-refractivity contribution in [3.63, 3.8) is 0 Å². The predicted octanol–water partition coefficient (Wildman–Crippen LogP) is 2.81. The molecule has 10 heteroatoms. The molecular weight excluding hydrogens is 452 g/mol. The SMILES string of the molecule is COc1cccc(NC(=O)C(=O)N/N=C\c2ccc(OCC(=O)Nc3ccccc3OC)cc2)c1. The largest absolute Gasteiger partial charge is 0.497 e. The summed E-state index contributed by atoms with van der Waals surface area (Å²) in [5, 5.41) is 8.96. The second-order valence-corrected chi connectivity index (χ2v) is 6.99. The molecule has 0 heterocycles. The fraction of sp³-hybridized carbons (Fsp3) is 0.120. The van der Waals surface area contributed by atoms with E-state index in [2.05, 4.69) is 21.2 Å². The molecule has 3 amide bonds. The minimum atomic E-state index is -0.926. The van der Waals surface area contributed by atoms with Gasteiger partial charge in [-0.15, -0.1) is 0 Å². The molecule has 0 spiro atoms. The second-order valence-electron chi connectivity index (χ2n) is 6.99. The molecule has 10 nitrogen and oxygen atoms in total. The fourth-order valence-corrected chi connectivity index (χ4v) is 2.84. The maximum atomic E-state index is 12.1. The Labute approximate surface area is 201 Å². The van der Waals surface area contributed by atoms with Gasteiger partial charge in [-0.1, -0.05) is 18.2 Å². The van der Waals surface area contributed by atoms with Crippen LogP contribution in [-0.4, -0.2) is 44.8 Å². The van der Waals surface area contributed by atoms with Gasteiger partial charge >= 0.3 is 11.8 Å². The van der Waals surface area contributed by atoms with Gasteiger partial charge in [0.2, 0.25) is 0 Å². The maximum absolute atomic E-state index is 12.1. The zero-order chi connectivity index (χ0) is 25.0. The molecule has 0 saturated heterocycles. The molecule has 0 aliphatic carbocycles. The molecule has 3 rings (SSSR count). The van der Waals surface area contributed by atoms with Crippen LogP contribution in [0.2, 0.25) is 0 Å². The van der Waals surface area contributed by atoms with Crippen molar-refractivity contribution in [1.29, 1.82) is 0 Å². The minimum Gasteiger partial charge on any atom is -0.497 e. The van der Waals surface area contributed by atoms with Crippen molar-refractivity contribution >= 4 is 35.3 Å². The lowest BCUT2D eigenvalue weighted by molar-refractivity contribution is -0.136. The Morgan fingerprint density at radius 3 is 2.34 bits per heavy atom. The summed E-state index contributed by atoms with van der Waals surface area (Å²) in [4.78, 5) is 36.1. The summed E-state index contributed by atoms with van der Waals surface area (Å²) >= 11 is 0. The first-order valence-corrected chi connectivity index (χ1v) is 10.4. The Morgan fingerprint density at radius 1 is 0.829 bits per heavy atom. The highest BCUT2D eigenvalue weighted by Crippen LogP contribution is 2.23. The number of anilines is 2. The molecule has 3 aromatic rings. The van der Waals surface area contributed by atoms with Crippen LogP contribution >= 0.6 is 0 Å². The summed E-state index contributed by atoms with van der Waals surface area (Å²) in [7, 11) is 3.02. The van der Waals surface area contributed by atoms with Gasteiger partial charge in [0.05, 0.1) is 26.1 Å². The molecule has 0 saturated carbocycles. The van der Waals surface area contributed by atoms with Crippen LogP contribution in [0.3, 0.4) is 0 Å². The Hall–Kier alpha value is -4.86. The van der Waals surface area contributed by atoms with Gasteiger partial charge in [0.15, 0.2) is 6.61 Å². The van der Waals surface area contributed by atoms with Crippen molar-refractivity contribution in [3.05, 3.63) is 78.4 Å². The van der Waals surface area contributed by atoms with Gasteiger partial charge in [-0.3, -0.25) is 14.4 Å². The summed E-state index contributed by atoms with van der Waals surface area (Å²) in [6, 6.07) is 20.3. The maximum Gasteiger partial charge on any atom is 0.329 e. The van der Waals surface area contributed by atoms with E-state index < -0.39 is 11.8 Å². The van der Waals surface area contributed by atoms with Crippen LogP contribution in [0.15, 0.2) is 77.9 Å². The van der Waals surface area contributed by atoms with Gasteiger partial charge in [-0.25, -0.2) is 5.43 Å². The van der Waals surface area contributed by atoms with Gasteiger partial charge in [-0.05, 0) is 54.1 Å². The van der Waals surface area contributed by atoms with E-state index in [1.54, 1.807) is 72.8 Å². The fourth-order valence-electron chi connectivity index (χ4n) is 2.84. The van der Waals surface area contributed by atoms with Gasteiger partial charge in [0, 0.05) is 11.8 Å². The van der Waals surface area contributed by atoms with Gasteiger partial charge in [0.1, 0.15) is 17.2 Å². The standard InChI is InChI=1S/C25H24N4O6/c1-33-20-7-5-6-18(14-20)27-24(31)25(32)29-26-15-17-10-12-19(13-11-17)35-16-23(30)28-21-8-3-4-9-22(21)34-2/h3-15H,16H2,1-2H3,(H,27,31)(H,28,30)(H,29,32)/b26-15-. The zero-order valence-corrected chi connectivity index (χ0v) is 19.1. The average molecular weight is 476 g/mol. The van der Waals surface area contributed by atoms with Gasteiger partial charge in [-0.2, -0.15) is 5.10 Å². The number of nitrogens with zero attached hydrogens (tertiary/aromatic N) is 1. The first-order valence-electron chi connectivity index (χ1n) is 10.4. The number of carbonyl (C=O) groups excluding carboxylic acids is 3. The number of benzene rings is 3. The van der Waals surface area contributed by atoms with Crippen molar-refractivity contribution in [2.45, 2.75) is 0 Å². The summed E-state index contributed by atoms with van der Waals surface area (Å²) in [6.07, 6.45) is 1.37. The van der Waals surface area contributed by atoms with Gasteiger partial charge in [0.25, 0.3) is 5.91 Å². The molecule has 0 radical (unpaired) electrons. The summed E-state index contributed by atoms with van der Waals surface area (Å²) in [5.74, 6) is -0.565. The van der Waals surface area contributed by atoms with Crippen LogP contribution < -0.4 is 30.3 Å². The van der Waals surface area contributed by atoms with E-state index in [4.69, 9.17) is 14.2 Å². The van der Waals surface area contributed by atoms with Crippen molar-refractivity contribution in [1.82, 2.24) is 5.43 Å². The lowest BCUT2D eigenvalue weighted by Gasteiger charge is -2.10. The van der Waals surface area contributed by atoms with Crippen molar-refractivity contribution in [2.24, 2.45) is 5.10 Å². The highest BCUT2D eigenvalue weighted by molar-refractivity contribution is 6.39. The summed E-state index contributed by atoms with van der Waals surface area (Å²) < 4.78 is 15.8. The molecular formula is C25H24N4O6. The highest BCUT2D eigenvalue weighted by Gasteiger charge is 2.13. The molecule has 3 aromatic carbocycles. The average Bonchev–Trinajstić information content (AvgIpc) is 2.88. The second kappa shape index (κ2) is 12.4. The number of hydrazone groups is 1. The molecule has 0 aromatic heterocycles. The number of methoxy groups -OCH3 is 2. The molecule has 3 N–H and O–H groups in total. The Morgan fingerprint density at radius 2 is 1.60 bits per heavy atom. The van der Waals surface area contributed by atoms with Crippen LogP contribution in [0.4, 0.5) is 11.4 Å². The predicted molar refractivity (Wildman–Crippen MR) is 131 cm³/mol. The number of hydrogen-bond donors (Lipinski definition) is 3. The Kier molecular flexibility index (Phi) is 8.78. The third-order valence-corrected chi connectivity index (χ3v) is 4.54. The van der Waals surface area contributed by atoms with E-state index in [1.165, 1.54) is 20.4 Å². The molecule has 35 heavy (non-hydrogen) atoms. The summed E-state index contributed by atoms with van der Waals surface area (Å²) in [6.45, 7) is -0.191. The number of carbonyl (C=O) groups is 3. The van der Waals surface area contributed by atoms with E-state index in [1.807, 2.05) is 0 Å². The third kappa shape index (κ3) is 7.60. The number of nitrogens with one attached hydrogen (secondary N) is 3. The van der Waals surface area contributed by atoms with Crippen LogP contribution in [0.5, 0.6) is 17.2 Å². The normalized spacial score (nSPS) is 10.3. The van der Waals surface area contributed by atoms with E-state index in [0.717, 1.165) is 0 Å². The van der Waals surface area contributed by atoms with E-state index in [0.29, 0.717) is 34.2 Å². The van der Waals surface area contributed by atoms with Crippen molar-refractivity contribution in [3.8, 4) is 17.2 Å². The number of ether oxygens (including phenoxy) is 3. The molecule has 0 aliphatic rings. The van der Waals surface area contributed by atoms with E-state index >= 15 is 0 Å². The first kappa shape index (κ1) is 24.8. The first-order chi connectivity index (χ1) is 17.0. The molecule has 0 atom stereocenters.